The van der Waals surface area contributed by atoms with Gasteiger partial charge in [0.05, 0.1) is 0 Å². The molecular formula is C17H19N. The predicted molar refractivity (Wildman–Crippen MR) is 76.6 cm³/mol. The van der Waals surface area contributed by atoms with Gasteiger partial charge in [-0.3, -0.25) is 0 Å². The Bertz CT molecular complexity index is 540. The summed E-state index contributed by atoms with van der Waals surface area (Å²) in [4.78, 5) is 0. The molecule has 1 heteroatoms. The zero-order valence-electron chi connectivity index (χ0n) is 11.0. The second-order valence-electron chi connectivity index (χ2n) is 5.31. The zero-order valence-corrected chi connectivity index (χ0v) is 11.0. The minimum absolute atomic E-state index is 0.0536. The van der Waals surface area contributed by atoms with Gasteiger partial charge in [-0.25, -0.2) is 0 Å². The molecule has 1 atom stereocenters. The predicted octanol–water partition coefficient (Wildman–Crippen LogP) is 3.71. The Balaban J connectivity index is 2.33. The minimum Gasteiger partial charge on any atom is -0.327 e. The lowest BCUT2D eigenvalue weighted by molar-refractivity contribution is 0.440. The summed E-state index contributed by atoms with van der Waals surface area (Å²) in [6.07, 6.45) is 0.985. The van der Waals surface area contributed by atoms with Crippen molar-refractivity contribution in [2.24, 2.45) is 5.73 Å². The zero-order chi connectivity index (χ0) is 12.8. The molecule has 0 amide bonds. The third-order valence-corrected chi connectivity index (χ3v) is 4.44. The maximum Gasteiger partial charge on any atom is 0.0337 e. The third kappa shape index (κ3) is 1.31. The molecule has 0 aliphatic heterocycles. The molecule has 0 heterocycles. The molecule has 0 bridgehead atoms. The number of benzene rings is 2. The number of fused-ring (bicyclic) bond motifs is 3. The van der Waals surface area contributed by atoms with Gasteiger partial charge in [0.15, 0.2) is 0 Å². The molecule has 0 aromatic heterocycles. The molecule has 3 rings (SSSR count). The molecule has 0 radical (unpaired) electrons. The van der Waals surface area contributed by atoms with Gasteiger partial charge in [0.1, 0.15) is 0 Å². The van der Waals surface area contributed by atoms with E-state index >= 15 is 0 Å². The minimum atomic E-state index is -0.0536. The molecule has 1 aliphatic rings. The van der Waals surface area contributed by atoms with Gasteiger partial charge in [0.25, 0.3) is 0 Å². The van der Waals surface area contributed by atoms with Crippen molar-refractivity contribution in [3.05, 3.63) is 59.7 Å². The van der Waals surface area contributed by atoms with Crippen LogP contribution in [-0.4, -0.2) is 6.04 Å². The summed E-state index contributed by atoms with van der Waals surface area (Å²) in [7, 11) is 0. The molecule has 0 fully saturated rings. The Kier molecular flexibility index (Phi) is 2.53. The second kappa shape index (κ2) is 3.96. The van der Waals surface area contributed by atoms with Crippen LogP contribution in [0.25, 0.3) is 11.1 Å². The first-order chi connectivity index (χ1) is 8.69. The molecule has 0 saturated carbocycles. The third-order valence-electron chi connectivity index (χ3n) is 4.44. The monoisotopic (exact) mass is 237 g/mol. The Morgan fingerprint density at radius 1 is 0.944 bits per heavy atom. The molecule has 1 unspecified atom stereocenters. The van der Waals surface area contributed by atoms with Gasteiger partial charge < -0.3 is 5.73 Å². The van der Waals surface area contributed by atoms with E-state index in [-0.39, 0.29) is 11.5 Å². The van der Waals surface area contributed by atoms with Gasteiger partial charge in [-0.1, -0.05) is 55.5 Å². The smallest absolute Gasteiger partial charge is 0.0337 e. The Morgan fingerprint density at radius 3 is 1.83 bits per heavy atom. The molecule has 0 spiro atoms. The van der Waals surface area contributed by atoms with Crippen molar-refractivity contribution in [2.45, 2.75) is 31.7 Å². The molecule has 92 valence electrons. The molecular weight excluding hydrogens is 218 g/mol. The van der Waals surface area contributed by atoms with E-state index in [0.29, 0.717) is 0 Å². The van der Waals surface area contributed by atoms with Gasteiger partial charge in [0.2, 0.25) is 0 Å². The summed E-state index contributed by atoms with van der Waals surface area (Å²) in [6.45, 7) is 4.45. The van der Waals surface area contributed by atoms with E-state index in [1.807, 2.05) is 0 Å². The summed E-state index contributed by atoms with van der Waals surface area (Å²) in [5.41, 5.74) is 11.8. The fourth-order valence-corrected chi connectivity index (χ4v) is 3.29. The molecule has 1 aliphatic carbocycles. The van der Waals surface area contributed by atoms with Crippen LogP contribution in [0, 0.1) is 0 Å². The molecule has 1 nitrogen and oxygen atoms in total. The average Bonchev–Trinajstić information content (AvgIpc) is 2.70. The normalized spacial score (nSPS) is 17.1. The van der Waals surface area contributed by atoms with Gasteiger partial charge in [-0.15, -0.1) is 0 Å². The Hall–Kier alpha value is -1.60. The number of hydrogen-bond donors (Lipinski definition) is 1. The maximum absolute atomic E-state index is 6.44. The van der Waals surface area contributed by atoms with E-state index in [4.69, 9.17) is 5.73 Å². The molecule has 0 saturated heterocycles. The molecule has 2 aromatic rings. The average molecular weight is 237 g/mol. The van der Waals surface area contributed by atoms with E-state index < -0.39 is 0 Å². The van der Waals surface area contributed by atoms with Crippen molar-refractivity contribution in [1.82, 2.24) is 0 Å². The second-order valence-corrected chi connectivity index (χ2v) is 5.31. The first kappa shape index (κ1) is 11.5. The topological polar surface area (TPSA) is 26.0 Å². The highest BCUT2D eigenvalue weighted by molar-refractivity contribution is 5.81. The summed E-state index contributed by atoms with van der Waals surface area (Å²) >= 11 is 0. The van der Waals surface area contributed by atoms with E-state index in [2.05, 4.69) is 62.4 Å². The highest BCUT2D eigenvalue weighted by Crippen LogP contribution is 2.50. The number of nitrogens with two attached hydrogens (primary N) is 1. The van der Waals surface area contributed by atoms with Gasteiger partial charge in [0, 0.05) is 11.5 Å². The lowest BCUT2D eigenvalue weighted by atomic mass is 9.73. The number of hydrogen-bond acceptors (Lipinski definition) is 1. The van der Waals surface area contributed by atoms with Crippen LogP contribution in [-0.2, 0) is 5.41 Å². The summed E-state index contributed by atoms with van der Waals surface area (Å²) in [5, 5.41) is 0. The lowest BCUT2D eigenvalue weighted by Crippen LogP contribution is -2.42. The van der Waals surface area contributed by atoms with Gasteiger partial charge >= 0.3 is 0 Å². The molecule has 2 aromatic carbocycles. The van der Waals surface area contributed by atoms with E-state index in [1.54, 1.807) is 0 Å². The summed E-state index contributed by atoms with van der Waals surface area (Å²) in [6, 6.07) is 17.5. The molecule has 2 N–H and O–H groups in total. The van der Waals surface area contributed by atoms with Crippen LogP contribution in [0.3, 0.4) is 0 Å². The van der Waals surface area contributed by atoms with Crippen LogP contribution in [0.15, 0.2) is 48.5 Å². The van der Waals surface area contributed by atoms with E-state index in [0.717, 1.165) is 6.42 Å². The SMILES string of the molecule is CCC(N)C1(C)c2ccccc2-c2ccccc21. The van der Waals surface area contributed by atoms with E-state index in [9.17, 15) is 0 Å². The van der Waals surface area contributed by atoms with Crippen molar-refractivity contribution < 1.29 is 0 Å². The van der Waals surface area contributed by atoms with Crippen molar-refractivity contribution >= 4 is 0 Å². The fourth-order valence-electron chi connectivity index (χ4n) is 3.29. The Morgan fingerprint density at radius 2 is 1.39 bits per heavy atom. The van der Waals surface area contributed by atoms with Crippen molar-refractivity contribution in [3.63, 3.8) is 0 Å². The van der Waals surface area contributed by atoms with Gasteiger partial charge in [-0.05, 0) is 35.6 Å². The van der Waals surface area contributed by atoms with Crippen LogP contribution < -0.4 is 5.73 Å². The highest BCUT2D eigenvalue weighted by atomic mass is 14.7. The number of rotatable bonds is 2. The van der Waals surface area contributed by atoms with Crippen LogP contribution in [0.5, 0.6) is 0 Å². The maximum atomic E-state index is 6.44. The van der Waals surface area contributed by atoms with Crippen LogP contribution in [0.2, 0.25) is 0 Å². The highest BCUT2D eigenvalue weighted by Gasteiger charge is 2.42. The largest absolute Gasteiger partial charge is 0.327 e. The van der Waals surface area contributed by atoms with Crippen molar-refractivity contribution in [3.8, 4) is 11.1 Å². The fraction of sp³-hybridized carbons (Fsp3) is 0.294. The first-order valence-electron chi connectivity index (χ1n) is 6.64. The standard InChI is InChI=1S/C17H19N/c1-3-16(18)17(2)14-10-6-4-8-12(14)13-9-5-7-11-15(13)17/h4-11,16H,3,18H2,1-2H3. The Labute approximate surface area is 109 Å². The van der Waals surface area contributed by atoms with Crippen molar-refractivity contribution in [1.29, 1.82) is 0 Å². The quantitative estimate of drug-likeness (QED) is 0.846. The molecule has 18 heavy (non-hydrogen) atoms. The van der Waals surface area contributed by atoms with Crippen molar-refractivity contribution in [2.75, 3.05) is 0 Å². The summed E-state index contributed by atoms with van der Waals surface area (Å²) < 4.78 is 0. The van der Waals surface area contributed by atoms with Crippen LogP contribution >= 0.6 is 0 Å². The van der Waals surface area contributed by atoms with Gasteiger partial charge in [-0.2, -0.15) is 0 Å². The van der Waals surface area contributed by atoms with E-state index in [1.165, 1.54) is 22.3 Å². The lowest BCUT2D eigenvalue weighted by Gasteiger charge is -2.33. The summed E-state index contributed by atoms with van der Waals surface area (Å²) in [5.74, 6) is 0. The van der Waals surface area contributed by atoms with Crippen LogP contribution in [0.4, 0.5) is 0 Å². The first-order valence-corrected chi connectivity index (χ1v) is 6.64. The van der Waals surface area contributed by atoms with Crippen LogP contribution in [0.1, 0.15) is 31.4 Å².